The number of methoxy groups -OCH3 is 1. The first-order valence-corrected chi connectivity index (χ1v) is 11.0. The molecule has 2 aliphatic carbocycles. The highest BCUT2D eigenvalue weighted by atomic mass is 16.7. The normalized spacial score (nSPS) is 29.4. The molecule has 0 aromatic heterocycles. The number of hydrogen-bond donors (Lipinski definition) is 0. The molecular weight excluding hydrogens is 376 g/mol. The van der Waals surface area contributed by atoms with Gasteiger partial charge in [0.1, 0.15) is 11.5 Å². The maximum Gasteiger partial charge on any atom is 0.389 e. The van der Waals surface area contributed by atoms with Gasteiger partial charge < -0.3 is 14.2 Å². The Morgan fingerprint density at radius 3 is 2.37 bits per heavy atom. The molecule has 4 unspecified atom stereocenters. The summed E-state index contributed by atoms with van der Waals surface area (Å²) in [6.07, 6.45) is 10.0. The monoisotopic (exact) mass is 412 g/mol. The van der Waals surface area contributed by atoms with E-state index in [0.29, 0.717) is 34.3 Å². The smallest absolute Gasteiger partial charge is 0.389 e. The van der Waals surface area contributed by atoms with E-state index in [1.54, 1.807) is 13.2 Å². The van der Waals surface area contributed by atoms with Gasteiger partial charge in [0.15, 0.2) is 6.79 Å². The van der Waals surface area contributed by atoms with E-state index in [-0.39, 0.29) is 6.79 Å². The van der Waals surface area contributed by atoms with Crippen LogP contribution in [0.3, 0.4) is 0 Å². The third-order valence-corrected chi connectivity index (χ3v) is 7.77. The average Bonchev–Trinajstić information content (AvgIpc) is 2.70. The molecule has 4 heteroatoms. The third-order valence-electron chi connectivity index (χ3n) is 7.77. The summed E-state index contributed by atoms with van der Waals surface area (Å²) in [7, 11) is 1.61. The predicted molar refractivity (Wildman–Crippen MR) is 118 cm³/mol. The maximum atomic E-state index is 11.6. The van der Waals surface area contributed by atoms with Crippen LogP contribution in [0.5, 0.6) is 11.5 Å². The highest BCUT2D eigenvalue weighted by molar-refractivity contribution is 5.89. The fraction of sp³-hybridized carbons (Fsp3) is 0.654. The minimum Gasteiger partial charge on any atom is -0.467 e. The molecule has 0 N–H and O–H groups in total. The molecule has 1 aromatic rings. The molecule has 0 spiro atoms. The molecule has 4 atom stereocenters. The van der Waals surface area contributed by atoms with E-state index in [1.807, 2.05) is 18.1 Å². The summed E-state index contributed by atoms with van der Waals surface area (Å²) in [5, 5.41) is 0. The number of benzene rings is 1. The zero-order valence-electron chi connectivity index (χ0n) is 19.3. The largest absolute Gasteiger partial charge is 0.467 e. The molecule has 3 rings (SSSR count). The Balaban J connectivity index is 1.97. The molecule has 2 fully saturated rings. The van der Waals surface area contributed by atoms with Crippen LogP contribution >= 0.6 is 0 Å². The van der Waals surface area contributed by atoms with E-state index in [4.69, 9.17) is 20.6 Å². The second-order valence-electron chi connectivity index (χ2n) is 10.5. The number of carbonyl (C=O) groups is 1. The van der Waals surface area contributed by atoms with Crippen LogP contribution in [0.15, 0.2) is 18.2 Å². The van der Waals surface area contributed by atoms with Crippen molar-refractivity contribution in [1.29, 1.82) is 0 Å². The summed E-state index contributed by atoms with van der Waals surface area (Å²) in [4.78, 5) is 11.6. The number of terminal acetylenes is 1. The Morgan fingerprint density at radius 1 is 1.13 bits per heavy atom. The van der Waals surface area contributed by atoms with Gasteiger partial charge in [-0.05, 0) is 78.4 Å². The SMILES string of the molecule is C#CC(=O)Oc1ccc(OCOC)c(C2CC3C(CC2C)C(C)(C)CCC3(C)C)c1. The summed E-state index contributed by atoms with van der Waals surface area (Å²) in [5.74, 6) is 4.79. The van der Waals surface area contributed by atoms with E-state index in [0.717, 1.165) is 23.7 Å². The van der Waals surface area contributed by atoms with E-state index in [9.17, 15) is 4.79 Å². The van der Waals surface area contributed by atoms with E-state index >= 15 is 0 Å². The van der Waals surface area contributed by atoms with Crippen LogP contribution in [-0.2, 0) is 9.53 Å². The number of carbonyl (C=O) groups excluding carboxylic acids is 1. The van der Waals surface area contributed by atoms with Crippen LogP contribution in [0.2, 0.25) is 0 Å². The van der Waals surface area contributed by atoms with Crippen molar-refractivity contribution in [2.45, 2.75) is 66.2 Å². The lowest BCUT2D eigenvalue weighted by molar-refractivity contribution is -0.128. The Hall–Kier alpha value is -1.99. The van der Waals surface area contributed by atoms with E-state index in [2.05, 4.69) is 34.6 Å². The summed E-state index contributed by atoms with van der Waals surface area (Å²) >= 11 is 0. The Morgan fingerprint density at radius 2 is 1.77 bits per heavy atom. The van der Waals surface area contributed by atoms with Crippen LogP contribution < -0.4 is 9.47 Å². The van der Waals surface area contributed by atoms with Crippen LogP contribution in [0, 0.1) is 40.9 Å². The van der Waals surface area contributed by atoms with Gasteiger partial charge in [-0.15, -0.1) is 6.42 Å². The standard InChI is InChI=1S/C26H36O4/c1-8-24(27)30-18-9-10-23(29-16-28-7)20(14-18)19-15-22-21(13-17(19)2)25(3,4)11-12-26(22,5)6/h1,9-10,14,17,19,21-22H,11-13,15-16H2,2-7H3. The second-order valence-corrected chi connectivity index (χ2v) is 10.5. The summed E-state index contributed by atoms with van der Waals surface area (Å²) < 4.78 is 16.3. The van der Waals surface area contributed by atoms with Gasteiger partial charge in [-0.2, -0.15) is 0 Å². The molecule has 4 nitrogen and oxygen atoms in total. The molecule has 30 heavy (non-hydrogen) atoms. The number of esters is 1. The van der Waals surface area contributed by atoms with Gasteiger partial charge in [0.25, 0.3) is 0 Å². The molecule has 2 aliphatic rings. The van der Waals surface area contributed by atoms with Crippen LogP contribution in [0.1, 0.15) is 71.8 Å². The highest BCUT2D eigenvalue weighted by Crippen LogP contribution is 2.61. The van der Waals surface area contributed by atoms with Crippen molar-refractivity contribution in [1.82, 2.24) is 0 Å². The fourth-order valence-corrected chi connectivity index (χ4v) is 5.85. The lowest BCUT2D eigenvalue weighted by Gasteiger charge is -2.57. The summed E-state index contributed by atoms with van der Waals surface area (Å²) in [5.41, 5.74) is 1.78. The molecule has 1 aromatic carbocycles. The zero-order chi connectivity index (χ0) is 22.1. The minimum atomic E-state index is -0.682. The van der Waals surface area contributed by atoms with E-state index < -0.39 is 5.97 Å². The second kappa shape index (κ2) is 8.63. The average molecular weight is 413 g/mol. The zero-order valence-corrected chi connectivity index (χ0v) is 19.3. The Kier molecular flexibility index (Phi) is 6.53. The van der Waals surface area contributed by atoms with Gasteiger partial charge in [-0.3, -0.25) is 0 Å². The Bertz CT molecular complexity index is 817. The lowest BCUT2D eigenvalue weighted by atomic mass is 9.48. The topological polar surface area (TPSA) is 44.8 Å². The van der Waals surface area contributed by atoms with Gasteiger partial charge in [0, 0.05) is 18.6 Å². The van der Waals surface area contributed by atoms with Gasteiger partial charge in [0.2, 0.25) is 0 Å². The number of hydrogen-bond acceptors (Lipinski definition) is 4. The van der Waals surface area contributed by atoms with Gasteiger partial charge in [-0.1, -0.05) is 34.6 Å². The first-order chi connectivity index (χ1) is 14.1. The van der Waals surface area contributed by atoms with Crippen LogP contribution in [0.4, 0.5) is 0 Å². The number of fused-ring (bicyclic) bond motifs is 1. The van der Waals surface area contributed by atoms with Crippen LogP contribution in [0.25, 0.3) is 0 Å². The van der Waals surface area contributed by atoms with E-state index in [1.165, 1.54) is 19.3 Å². The first-order valence-electron chi connectivity index (χ1n) is 11.0. The van der Waals surface area contributed by atoms with Gasteiger partial charge in [-0.25, -0.2) is 4.79 Å². The molecule has 164 valence electrons. The van der Waals surface area contributed by atoms with Crippen molar-refractivity contribution in [2.24, 2.45) is 28.6 Å². The molecule has 0 radical (unpaired) electrons. The molecule has 0 saturated heterocycles. The van der Waals surface area contributed by atoms with Gasteiger partial charge >= 0.3 is 5.97 Å². The minimum absolute atomic E-state index is 0.183. The van der Waals surface area contributed by atoms with Crippen molar-refractivity contribution in [3.05, 3.63) is 23.8 Å². The molecular formula is C26H36O4. The molecule has 0 amide bonds. The Labute approximate surface area is 181 Å². The van der Waals surface area contributed by atoms with Gasteiger partial charge in [0.05, 0.1) is 0 Å². The molecule has 0 aliphatic heterocycles. The summed E-state index contributed by atoms with van der Waals surface area (Å²) in [6, 6.07) is 5.53. The van der Waals surface area contributed by atoms with Crippen molar-refractivity contribution in [3.8, 4) is 23.8 Å². The highest BCUT2D eigenvalue weighted by Gasteiger charge is 2.51. The summed E-state index contributed by atoms with van der Waals surface area (Å²) in [6.45, 7) is 12.3. The van der Waals surface area contributed by atoms with Crippen molar-refractivity contribution in [3.63, 3.8) is 0 Å². The maximum absolute atomic E-state index is 11.6. The molecule has 2 saturated carbocycles. The van der Waals surface area contributed by atoms with Crippen LogP contribution in [-0.4, -0.2) is 19.9 Å². The molecule has 0 bridgehead atoms. The third kappa shape index (κ3) is 4.52. The van der Waals surface area contributed by atoms with Crippen molar-refractivity contribution >= 4 is 5.97 Å². The van der Waals surface area contributed by atoms with Crippen molar-refractivity contribution < 1.29 is 19.0 Å². The molecule has 0 heterocycles. The predicted octanol–water partition coefficient (Wildman–Crippen LogP) is 5.80. The van der Waals surface area contributed by atoms with Crippen molar-refractivity contribution in [2.75, 3.05) is 13.9 Å². The first kappa shape index (κ1) is 22.7. The quantitative estimate of drug-likeness (QED) is 0.202. The lowest BCUT2D eigenvalue weighted by Crippen LogP contribution is -2.48. The fourth-order valence-electron chi connectivity index (χ4n) is 5.85. The number of ether oxygens (including phenoxy) is 3. The number of rotatable bonds is 5.